The standard InChI is InChI=1S/C21H27N5O2S/c1-14(2)26(15(3)4)29(27,28)17-10-11-21(22-12-17)25-23-13-19-16(5)24-20-9-7-6-8-18(19)20/h6-15,24H,1-5H3,(H,22,25)/b23-13+. The van der Waals surface area contributed by atoms with Crippen molar-refractivity contribution < 1.29 is 8.42 Å². The van der Waals surface area contributed by atoms with Crippen molar-refractivity contribution in [3.8, 4) is 0 Å². The first-order valence-corrected chi connectivity index (χ1v) is 11.0. The Hall–Kier alpha value is -2.71. The van der Waals surface area contributed by atoms with Gasteiger partial charge in [-0.05, 0) is 52.8 Å². The van der Waals surface area contributed by atoms with E-state index >= 15 is 0 Å². The van der Waals surface area contributed by atoms with E-state index in [1.54, 1.807) is 18.3 Å². The Kier molecular flexibility index (Phi) is 6.04. The van der Waals surface area contributed by atoms with Gasteiger partial charge in [-0.25, -0.2) is 13.4 Å². The molecule has 7 nitrogen and oxygen atoms in total. The molecule has 0 saturated carbocycles. The predicted molar refractivity (Wildman–Crippen MR) is 118 cm³/mol. The van der Waals surface area contributed by atoms with Crippen molar-refractivity contribution in [3.05, 3.63) is 53.9 Å². The molecule has 154 valence electrons. The fourth-order valence-electron chi connectivity index (χ4n) is 3.50. The van der Waals surface area contributed by atoms with E-state index in [9.17, 15) is 8.42 Å². The minimum Gasteiger partial charge on any atom is -0.358 e. The number of anilines is 1. The highest BCUT2D eigenvalue weighted by atomic mass is 32.2. The highest BCUT2D eigenvalue weighted by molar-refractivity contribution is 7.89. The SMILES string of the molecule is Cc1[nH]c2ccccc2c1/C=N/Nc1ccc(S(=O)(=O)N(C(C)C)C(C)C)cn1. The summed E-state index contributed by atoms with van der Waals surface area (Å²) in [6.07, 6.45) is 3.10. The second-order valence-corrected chi connectivity index (χ2v) is 9.32. The Bertz CT molecular complexity index is 1110. The monoisotopic (exact) mass is 413 g/mol. The molecule has 0 fully saturated rings. The highest BCUT2D eigenvalue weighted by Gasteiger charge is 2.29. The quantitative estimate of drug-likeness (QED) is 0.450. The third-order valence-corrected chi connectivity index (χ3v) is 6.88. The number of fused-ring (bicyclic) bond motifs is 1. The van der Waals surface area contributed by atoms with Crippen molar-refractivity contribution in [1.82, 2.24) is 14.3 Å². The molecule has 0 unspecified atom stereocenters. The van der Waals surface area contributed by atoms with Gasteiger partial charge in [0, 0.05) is 40.4 Å². The van der Waals surface area contributed by atoms with Gasteiger partial charge in [-0.1, -0.05) is 18.2 Å². The molecule has 2 aromatic heterocycles. The van der Waals surface area contributed by atoms with Gasteiger partial charge >= 0.3 is 0 Å². The number of aromatic nitrogens is 2. The van der Waals surface area contributed by atoms with Crippen molar-refractivity contribution >= 4 is 33.0 Å². The van der Waals surface area contributed by atoms with Crippen molar-refractivity contribution in [3.63, 3.8) is 0 Å². The summed E-state index contributed by atoms with van der Waals surface area (Å²) in [6.45, 7) is 9.45. The van der Waals surface area contributed by atoms with Crippen LogP contribution in [-0.4, -0.2) is 41.0 Å². The first-order chi connectivity index (χ1) is 13.7. The van der Waals surface area contributed by atoms with Crippen LogP contribution in [0.25, 0.3) is 10.9 Å². The largest absolute Gasteiger partial charge is 0.358 e. The summed E-state index contributed by atoms with van der Waals surface area (Å²) in [5, 5.41) is 5.35. The van der Waals surface area contributed by atoms with Crippen LogP contribution in [0.15, 0.2) is 52.6 Å². The first-order valence-electron chi connectivity index (χ1n) is 9.57. The molecular weight excluding hydrogens is 386 g/mol. The van der Waals surface area contributed by atoms with E-state index in [-0.39, 0.29) is 17.0 Å². The Balaban J connectivity index is 1.77. The third-order valence-electron chi connectivity index (χ3n) is 4.65. The Morgan fingerprint density at radius 1 is 1.10 bits per heavy atom. The van der Waals surface area contributed by atoms with Crippen molar-refractivity contribution in [2.45, 2.75) is 51.6 Å². The number of nitrogens with zero attached hydrogens (tertiary/aromatic N) is 3. The lowest BCUT2D eigenvalue weighted by molar-refractivity contribution is 0.302. The maximum atomic E-state index is 12.9. The molecule has 0 amide bonds. The topological polar surface area (TPSA) is 90.4 Å². The minimum atomic E-state index is -3.60. The zero-order chi connectivity index (χ0) is 21.2. The van der Waals surface area contributed by atoms with E-state index in [0.717, 1.165) is 22.2 Å². The second-order valence-electron chi connectivity index (χ2n) is 7.48. The van der Waals surface area contributed by atoms with Crippen LogP contribution in [0.3, 0.4) is 0 Å². The summed E-state index contributed by atoms with van der Waals surface area (Å²) in [5.74, 6) is 0.471. The van der Waals surface area contributed by atoms with Crippen LogP contribution in [0.5, 0.6) is 0 Å². The number of hydrogen-bond acceptors (Lipinski definition) is 5. The van der Waals surface area contributed by atoms with Crippen LogP contribution >= 0.6 is 0 Å². The number of benzene rings is 1. The highest BCUT2D eigenvalue weighted by Crippen LogP contribution is 2.22. The molecular formula is C21H27N5O2S. The molecule has 2 heterocycles. The van der Waals surface area contributed by atoms with Gasteiger partial charge in [0.1, 0.15) is 10.7 Å². The number of aryl methyl sites for hydroxylation is 1. The molecule has 8 heteroatoms. The van der Waals surface area contributed by atoms with E-state index in [1.807, 2.05) is 58.9 Å². The van der Waals surface area contributed by atoms with Crippen LogP contribution in [0, 0.1) is 6.92 Å². The lowest BCUT2D eigenvalue weighted by atomic mass is 10.1. The fourth-order valence-corrected chi connectivity index (χ4v) is 5.28. The fraction of sp³-hybridized carbons (Fsp3) is 0.333. The van der Waals surface area contributed by atoms with E-state index in [0.29, 0.717) is 5.82 Å². The number of hydrazone groups is 1. The maximum absolute atomic E-state index is 12.9. The molecule has 29 heavy (non-hydrogen) atoms. The lowest BCUT2D eigenvalue weighted by Crippen LogP contribution is -2.41. The van der Waals surface area contributed by atoms with Crippen molar-refractivity contribution in [2.24, 2.45) is 5.10 Å². The average molecular weight is 414 g/mol. The molecule has 0 atom stereocenters. The molecule has 0 spiro atoms. The number of pyridine rings is 1. The molecule has 3 aromatic rings. The molecule has 0 radical (unpaired) electrons. The van der Waals surface area contributed by atoms with Crippen molar-refractivity contribution in [1.29, 1.82) is 0 Å². The number of para-hydroxylation sites is 1. The Morgan fingerprint density at radius 2 is 1.79 bits per heavy atom. The normalized spacial score (nSPS) is 12.7. The van der Waals surface area contributed by atoms with Crippen LogP contribution in [0.2, 0.25) is 0 Å². The summed E-state index contributed by atoms with van der Waals surface area (Å²) in [5.41, 5.74) is 5.94. The van der Waals surface area contributed by atoms with E-state index in [1.165, 1.54) is 10.5 Å². The zero-order valence-electron chi connectivity index (χ0n) is 17.3. The van der Waals surface area contributed by atoms with E-state index in [4.69, 9.17) is 0 Å². The van der Waals surface area contributed by atoms with Crippen LogP contribution < -0.4 is 5.43 Å². The number of sulfonamides is 1. The van der Waals surface area contributed by atoms with Gasteiger partial charge in [-0.15, -0.1) is 0 Å². The molecule has 0 aliphatic carbocycles. The molecule has 2 N–H and O–H groups in total. The van der Waals surface area contributed by atoms with E-state index < -0.39 is 10.0 Å². The van der Waals surface area contributed by atoms with Crippen LogP contribution in [0.1, 0.15) is 39.0 Å². The summed E-state index contributed by atoms with van der Waals surface area (Å²) in [4.78, 5) is 7.70. The number of H-pyrrole nitrogens is 1. The Labute approximate surface area is 171 Å². The van der Waals surface area contributed by atoms with Crippen molar-refractivity contribution in [2.75, 3.05) is 5.43 Å². The molecule has 1 aromatic carbocycles. The van der Waals surface area contributed by atoms with Crippen LogP contribution in [0.4, 0.5) is 5.82 Å². The van der Waals surface area contributed by atoms with Gasteiger partial charge in [-0.2, -0.15) is 9.41 Å². The smallest absolute Gasteiger partial charge is 0.245 e. The van der Waals surface area contributed by atoms with Gasteiger partial charge in [0.05, 0.1) is 6.21 Å². The number of nitrogens with one attached hydrogen (secondary N) is 2. The zero-order valence-corrected chi connectivity index (χ0v) is 18.2. The van der Waals surface area contributed by atoms with Gasteiger partial charge in [-0.3, -0.25) is 5.43 Å². The number of hydrogen-bond donors (Lipinski definition) is 2. The first kappa shape index (κ1) is 21.0. The predicted octanol–water partition coefficient (Wildman–Crippen LogP) is 4.12. The average Bonchev–Trinajstić information content (AvgIpc) is 2.97. The molecule has 0 saturated heterocycles. The third kappa shape index (κ3) is 4.33. The summed E-state index contributed by atoms with van der Waals surface area (Å²) in [7, 11) is -3.60. The number of aromatic amines is 1. The second kappa shape index (κ2) is 8.34. The van der Waals surface area contributed by atoms with E-state index in [2.05, 4.69) is 20.5 Å². The summed E-state index contributed by atoms with van der Waals surface area (Å²) >= 11 is 0. The molecule has 0 aliphatic heterocycles. The molecule has 0 aliphatic rings. The van der Waals surface area contributed by atoms with Crippen LogP contribution in [-0.2, 0) is 10.0 Å². The van der Waals surface area contributed by atoms with Gasteiger partial charge in [0.2, 0.25) is 10.0 Å². The molecule has 3 rings (SSSR count). The lowest BCUT2D eigenvalue weighted by Gasteiger charge is -2.29. The summed E-state index contributed by atoms with van der Waals surface area (Å²) < 4.78 is 27.3. The maximum Gasteiger partial charge on any atom is 0.245 e. The number of rotatable bonds is 7. The minimum absolute atomic E-state index is 0.137. The van der Waals surface area contributed by atoms with Gasteiger partial charge < -0.3 is 4.98 Å². The van der Waals surface area contributed by atoms with Gasteiger partial charge in [0.25, 0.3) is 0 Å². The summed E-state index contributed by atoms with van der Waals surface area (Å²) in [6, 6.07) is 10.9. The molecule has 0 bridgehead atoms. The Morgan fingerprint density at radius 3 is 2.41 bits per heavy atom. The van der Waals surface area contributed by atoms with Gasteiger partial charge in [0.15, 0.2) is 0 Å².